The number of hydrogen-bond acceptors (Lipinski definition) is 2. The molecule has 98 valence electrons. The van der Waals surface area contributed by atoms with Crippen LogP contribution in [0.5, 0.6) is 5.75 Å². The van der Waals surface area contributed by atoms with Crippen molar-refractivity contribution in [3.8, 4) is 5.75 Å². The first-order valence-corrected chi connectivity index (χ1v) is 6.29. The highest BCUT2D eigenvalue weighted by Gasteiger charge is 2.03. The lowest BCUT2D eigenvalue weighted by atomic mass is 10.2. The van der Waals surface area contributed by atoms with Crippen LogP contribution in [0.15, 0.2) is 47.5 Å². The summed E-state index contributed by atoms with van der Waals surface area (Å²) in [5.74, 6) is 1.15. The van der Waals surface area contributed by atoms with Crippen LogP contribution >= 0.6 is 23.2 Å². The molecule has 0 aliphatic heterocycles. The molecule has 0 saturated heterocycles. The minimum atomic E-state index is 0.381. The van der Waals surface area contributed by atoms with Crippen LogP contribution in [0.1, 0.15) is 5.56 Å². The minimum Gasteiger partial charge on any atom is -0.497 e. The molecule has 0 aromatic heterocycles. The highest BCUT2D eigenvalue weighted by atomic mass is 35.5. The van der Waals surface area contributed by atoms with Crippen LogP contribution < -0.4 is 10.5 Å². The molecule has 2 aromatic carbocycles. The van der Waals surface area contributed by atoms with Crippen LogP contribution in [0.3, 0.4) is 0 Å². The Hall–Kier alpha value is -1.71. The first-order valence-electron chi connectivity index (χ1n) is 5.54. The number of amidine groups is 1. The Balaban J connectivity index is 2.31. The van der Waals surface area contributed by atoms with Gasteiger partial charge in [0.05, 0.1) is 17.8 Å². The Morgan fingerprint density at radius 2 is 1.79 bits per heavy atom. The highest BCUT2D eigenvalue weighted by Crippen LogP contribution is 2.28. The SMILES string of the molecule is COc1ccc(C(N)=Nc2ccc(Cl)cc2Cl)cc1. The summed E-state index contributed by atoms with van der Waals surface area (Å²) < 4.78 is 5.08. The molecule has 0 aliphatic carbocycles. The molecule has 0 spiro atoms. The number of hydrogen-bond donors (Lipinski definition) is 1. The zero-order valence-electron chi connectivity index (χ0n) is 10.2. The van der Waals surface area contributed by atoms with Gasteiger partial charge in [0.15, 0.2) is 0 Å². The molecule has 0 fully saturated rings. The molecule has 0 radical (unpaired) electrons. The standard InChI is InChI=1S/C14H12Cl2N2O/c1-19-11-5-2-9(3-6-11)14(17)18-13-7-4-10(15)8-12(13)16/h2-8H,1H3,(H2,17,18). The van der Waals surface area contributed by atoms with Crippen LogP contribution in [-0.2, 0) is 0 Å². The first kappa shape index (κ1) is 13.7. The molecule has 2 aromatic rings. The lowest BCUT2D eigenvalue weighted by Crippen LogP contribution is -2.12. The molecule has 0 unspecified atom stereocenters. The second-order valence-electron chi connectivity index (χ2n) is 3.82. The van der Waals surface area contributed by atoms with Crippen LogP contribution in [0.2, 0.25) is 10.0 Å². The van der Waals surface area contributed by atoms with E-state index in [1.54, 1.807) is 25.3 Å². The van der Waals surface area contributed by atoms with E-state index in [2.05, 4.69) is 4.99 Å². The smallest absolute Gasteiger partial charge is 0.131 e. The number of nitrogens with zero attached hydrogens (tertiary/aromatic N) is 1. The second kappa shape index (κ2) is 5.95. The summed E-state index contributed by atoms with van der Waals surface area (Å²) >= 11 is 11.9. The van der Waals surface area contributed by atoms with Crippen molar-refractivity contribution in [2.24, 2.45) is 10.7 Å². The molecule has 0 bridgehead atoms. The van der Waals surface area contributed by atoms with Gasteiger partial charge in [-0.05, 0) is 42.5 Å². The Kier molecular flexibility index (Phi) is 4.30. The van der Waals surface area contributed by atoms with Crippen molar-refractivity contribution < 1.29 is 4.74 Å². The van der Waals surface area contributed by atoms with Crippen molar-refractivity contribution in [2.45, 2.75) is 0 Å². The zero-order chi connectivity index (χ0) is 13.8. The van der Waals surface area contributed by atoms with Crippen molar-refractivity contribution >= 4 is 34.7 Å². The maximum absolute atomic E-state index is 6.04. The summed E-state index contributed by atoms with van der Waals surface area (Å²) in [6.45, 7) is 0. The fourth-order valence-electron chi connectivity index (χ4n) is 1.53. The fraction of sp³-hybridized carbons (Fsp3) is 0.0714. The van der Waals surface area contributed by atoms with E-state index in [1.807, 2.05) is 24.3 Å². The minimum absolute atomic E-state index is 0.381. The van der Waals surface area contributed by atoms with Crippen molar-refractivity contribution in [2.75, 3.05) is 7.11 Å². The lowest BCUT2D eigenvalue weighted by Gasteiger charge is -2.04. The van der Waals surface area contributed by atoms with E-state index < -0.39 is 0 Å². The maximum Gasteiger partial charge on any atom is 0.131 e. The number of methoxy groups -OCH3 is 1. The maximum atomic E-state index is 6.04. The van der Waals surface area contributed by atoms with Crippen molar-refractivity contribution in [1.29, 1.82) is 0 Å². The van der Waals surface area contributed by atoms with E-state index in [0.717, 1.165) is 11.3 Å². The number of rotatable bonds is 3. The Labute approximate surface area is 121 Å². The average Bonchev–Trinajstić information content (AvgIpc) is 2.42. The number of benzene rings is 2. The first-order chi connectivity index (χ1) is 9.10. The van der Waals surface area contributed by atoms with Gasteiger partial charge in [0.2, 0.25) is 0 Å². The summed E-state index contributed by atoms with van der Waals surface area (Å²) in [5, 5.41) is 1.02. The molecule has 0 heterocycles. The van der Waals surface area contributed by atoms with Gasteiger partial charge in [-0.2, -0.15) is 0 Å². The van der Waals surface area contributed by atoms with Gasteiger partial charge in [-0.1, -0.05) is 23.2 Å². The molecule has 5 heteroatoms. The number of halogens is 2. The summed E-state index contributed by atoms with van der Waals surface area (Å²) in [4.78, 5) is 4.29. The topological polar surface area (TPSA) is 47.6 Å². The van der Waals surface area contributed by atoms with Crippen LogP contribution in [0.25, 0.3) is 0 Å². The van der Waals surface area contributed by atoms with Crippen LogP contribution in [-0.4, -0.2) is 12.9 Å². The van der Waals surface area contributed by atoms with E-state index in [9.17, 15) is 0 Å². The number of aliphatic imine (C=N–C) groups is 1. The molecule has 0 aliphatic rings. The van der Waals surface area contributed by atoms with Gasteiger partial charge < -0.3 is 10.5 Å². The number of ether oxygens (including phenoxy) is 1. The molecule has 0 atom stereocenters. The average molecular weight is 295 g/mol. The highest BCUT2D eigenvalue weighted by molar-refractivity contribution is 6.36. The van der Waals surface area contributed by atoms with E-state index >= 15 is 0 Å². The van der Waals surface area contributed by atoms with Crippen molar-refractivity contribution in [3.63, 3.8) is 0 Å². The van der Waals surface area contributed by atoms with Crippen LogP contribution in [0.4, 0.5) is 5.69 Å². The Morgan fingerprint density at radius 1 is 1.11 bits per heavy atom. The molecule has 3 nitrogen and oxygen atoms in total. The summed E-state index contributed by atoms with van der Waals surface area (Å²) in [6.07, 6.45) is 0. The molecular formula is C14H12Cl2N2O. The van der Waals surface area contributed by atoms with E-state index in [4.69, 9.17) is 33.7 Å². The monoisotopic (exact) mass is 294 g/mol. The van der Waals surface area contributed by atoms with Crippen LogP contribution in [0, 0.1) is 0 Å². The zero-order valence-corrected chi connectivity index (χ0v) is 11.7. The van der Waals surface area contributed by atoms with Gasteiger partial charge in [0.25, 0.3) is 0 Å². The van der Waals surface area contributed by atoms with Gasteiger partial charge in [0.1, 0.15) is 11.6 Å². The van der Waals surface area contributed by atoms with Gasteiger partial charge in [0, 0.05) is 10.6 Å². The predicted octanol–water partition coefficient (Wildman–Crippen LogP) is 4.04. The largest absolute Gasteiger partial charge is 0.497 e. The normalized spacial score (nSPS) is 11.4. The van der Waals surface area contributed by atoms with Gasteiger partial charge in [-0.3, -0.25) is 0 Å². The molecule has 2 rings (SSSR count). The predicted molar refractivity (Wildman–Crippen MR) is 79.8 cm³/mol. The second-order valence-corrected chi connectivity index (χ2v) is 4.66. The molecule has 0 amide bonds. The Morgan fingerprint density at radius 3 is 2.37 bits per heavy atom. The van der Waals surface area contributed by atoms with E-state index in [0.29, 0.717) is 21.6 Å². The molecule has 19 heavy (non-hydrogen) atoms. The fourth-order valence-corrected chi connectivity index (χ4v) is 1.98. The molecular weight excluding hydrogens is 283 g/mol. The van der Waals surface area contributed by atoms with E-state index in [1.165, 1.54) is 0 Å². The third-order valence-corrected chi connectivity index (χ3v) is 3.07. The van der Waals surface area contributed by atoms with Gasteiger partial charge in [-0.15, -0.1) is 0 Å². The quantitative estimate of drug-likeness (QED) is 0.686. The molecule has 0 saturated carbocycles. The third-order valence-electron chi connectivity index (χ3n) is 2.54. The van der Waals surface area contributed by atoms with Crippen molar-refractivity contribution in [1.82, 2.24) is 0 Å². The van der Waals surface area contributed by atoms with E-state index in [-0.39, 0.29) is 0 Å². The lowest BCUT2D eigenvalue weighted by molar-refractivity contribution is 0.415. The van der Waals surface area contributed by atoms with Crippen molar-refractivity contribution in [3.05, 3.63) is 58.1 Å². The van der Waals surface area contributed by atoms with Gasteiger partial charge in [-0.25, -0.2) is 4.99 Å². The van der Waals surface area contributed by atoms with Gasteiger partial charge >= 0.3 is 0 Å². The number of nitrogens with two attached hydrogens (primary N) is 1. The third kappa shape index (κ3) is 3.40. The molecule has 2 N–H and O–H groups in total. The summed E-state index contributed by atoms with van der Waals surface area (Å²) in [5.41, 5.74) is 7.32. The summed E-state index contributed by atoms with van der Waals surface area (Å²) in [7, 11) is 1.61. The Bertz CT molecular complexity index is 609. The summed E-state index contributed by atoms with van der Waals surface area (Å²) in [6, 6.07) is 12.4.